The fourth-order valence-corrected chi connectivity index (χ4v) is 1.69. The summed E-state index contributed by atoms with van der Waals surface area (Å²) in [5.74, 6) is 0.282. The average Bonchev–Trinajstić information content (AvgIpc) is 2.80. The largest absolute Gasteiger partial charge is 0.508 e. The van der Waals surface area contributed by atoms with E-state index >= 15 is 0 Å². The molecule has 1 aromatic carbocycles. The molecule has 0 atom stereocenters. The Morgan fingerprint density at radius 1 is 1.11 bits per heavy atom. The molecular weight excluding hydrogens is 230 g/mol. The third-order valence-corrected chi connectivity index (χ3v) is 2.61. The molecule has 18 heavy (non-hydrogen) atoms. The number of aromatic nitrogens is 2. The molecule has 0 aliphatic rings. The molecule has 3 N–H and O–H groups in total. The highest BCUT2D eigenvalue weighted by Crippen LogP contribution is 2.09. The van der Waals surface area contributed by atoms with E-state index in [9.17, 15) is 0 Å². The lowest BCUT2D eigenvalue weighted by molar-refractivity contribution is 0.269. The van der Waals surface area contributed by atoms with Crippen molar-refractivity contribution in [3.8, 4) is 5.75 Å². The summed E-state index contributed by atoms with van der Waals surface area (Å²) in [6.07, 6.45) is 3.71. The first-order chi connectivity index (χ1) is 8.78. The average molecular weight is 247 g/mol. The van der Waals surface area contributed by atoms with E-state index in [1.165, 1.54) is 0 Å². The number of hydrogen-bond donors (Lipinski definition) is 3. The monoisotopic (exact) mass is 247 g/mol. The summed E-state index contributed by atoms with van der Waals surface area (Å²) in [6.45, 7) is 2.10. The van der Waals surface area contributed by atoms with Crippen molar-refractivity contribution in [1.82, 2.24) is 15.1 Å². The second-order valence-corrected chi connectivity index (χ2v) is 4.11. The number of aromatic hydroxyl groups is 1. The lowest BCUT2D eigenvalue weighted by Gasteiger charge is -2.03. The van der Waals surface area contributed by atoms with E-state index in [-0.39, 0.29) is 12.4 Å². The molecule has 0 bridgehead atoms. The van der Waals surface area contributed by atoms with Crippen molar-refractivity contribution in [1.29, 1.82) is 0 Å². The molecule has 96 valence electrons. The van der Waals surface area contributed by atoms with Gasteiger partial charge >= 0.3 is 0 Å². The van der Waals surface area contributed by atoms with Crippen molar-refractivity contribution >= 4 is 0 Å². The maximum Gasteiger partial charge on any atom is 0.115 e. The Labute approximate surface area is 106 Å². The normalized spacial score (nSPS) is 10.7. The Morgan fingerprint density at radius 2 is 1.83 bits per heavy atom. The van der Waals surface area contributed by atoms with E-state index < -0.39 is 0 Å². The molecule has 0 unspecified atom stereocenters. The molecule has 0 saturated carbocycles. The lowest BCUT2D eigenvalue weighted by atomic mass is 10.2. The number of nitrogens with one attached hydrogen (secondary N) is 1. The van der Waals surface area contributed by atoms with Gasteiger partial charge in [0.25, 0.3) is 0 Å². The van der Waals surface area contributed by atoms with E-state index in [2.05, 4.69) is 10.4 Å². The molecule has 5 nitrogen and oxygen atoms in total. The molecule has 0 spiro atoms. The first-order valence-electron chi connectivity index (χ1n) is 5.89. The van der Waals surface area contributed by atoms with Gasteiger partial charge in [0.05, 0.1) is 19.3 Å². The zero-order valence-corrected chi connectivity index (χ0v) is 10.1. The number of aliphatic hydroxyl groups excluding tert-OH is 1. The number of hydrogen-bond acceptors (Lipinski definition) is 4. The Kier molecular flexibility index (Phi) is 4.33. The number of rotatable bonds is 6. The molecular formula is C13H17N3O2. The predicted molar refractivity (Wildman–Crippen MR) is 68.0 cm³/mol. The highest BCUT2D eigenvalue weighted by Gasteiger charge is 1.98. The number of phenolic OH excluding ortho intramolecular Hbond substituents is 1. The van der Waals surface area contributed by atoms with Crippen molar-refractivity contribution < 1.29 is 10.2 Å². The van der Waals surface area contributed by atoms with Gasteiger partial charge in [-0.25, -0.2) is 0 Å². The molecule has 2 aromatic rings. The van der Waals surface area contributed by atoms with Gasteiger partial charge in [-0.2, -0.15) is 5.10 Å². The van der Waals surface area contributed by atoms with E-state index in [0.717, 1.165) is 24.2 Å². The summed E-state index contributed by atoms with van der Waals surface area (Å²) in [5, 5.41) is 25.4. The topological polar surface area (TPSA) is 70.3 Å². The van der Waals surface area contributed by atoms with Crippen LogP contribution in [0.5, 0.6) is 5.75 Å². The highest BCUT2D eigenvalue weighted by molar-refractivity contribution is 5.25. The zero-order valence-electron chi connectivity index (χ0n) is 10.1. The molecule has 1 aromatic heterocycles. The van der Waals surface area contributed by atoms with Gasteiger partial charge in [-0.15, -0.1) is 0 Å². The first kappa shape index (κ1) is 12.6. The van der Waals surface area contributed by atoms with Crippen molar-refractivity contribution in [3.05, 3.63) is 47.8 Å². The van der Waals surface area contributed by atoms with Crippen LogP contribution in [0.4, 0.5) is 0 Å². The van der Waals surface area contributed by atoms with Crippen molar-refractivity contribution in [3.63, 3.8) is 0 Å². The van der Waals surface area contributed by atoms with Crippen LogP contribution in [-0.2, 0) is 19.6 Å². The maximum absolute atomic E-state index is 9.16. The van der Waals surface area contributed by atoms with Gasteiger partial charge in [0.1, 0.15) is 5.75 Å². The maximum atomic E-state index is 9.16. The SMILES string of the molecule is OCCn1cc(CNCc2ccc(O)cc2)cn1. The summed E-state index contributed by atoms with van der Waals surface area (Å²) in [6, 6.07) is 7.13. The van der Waals surface area contributed by atoms with Crippen LogP contribution >= 0.6 is 0 Å². The van der Waals surface area contributed by atoms with E-state index in [1.54, 1.807) is 23.0 Å². The van der Waals surface area contributed by atoms with Gasteiger partial charge in [0.2, 0.25) is 0 Å². The van der Waals surface area contributed by atoms with Gasteiger partial charge in [0, 0.05) is 24.8 Å². The van der Waals surface area contributed by atoms with Crippen LogP contribution in [-0.4, -0.2) is 26.6 Å². The number of benzene rings is 1. The minimum Gasteiger partial charge on any atom is -0.508 e. The Balaban J connectivity index is 1.79. The smallest absolute Gasteiger partial charge is 0.115 e. The lowest BCUT2D eigenvalue weighted by Crippen LogP contribution is -2.12. The van der Waals surface area contributed by atoms with Crippen LogP contribution in [0.25, 0.3) is 0 Å². The molecule has 0 saturated heterocycles. The van der Waals surface area contributed by atoms with Crippen molar-refractivity contribution in [2.24, 2.45) is 0 Å². The molecule has 0 radical (unpaired) electrons. The molecule has 0 aliphatic heterocycles. The van der Waals surface area contributed by atoms with Gasteiger partial charge in [-0.3, -0.25) is 4.68 Å². The van der Waals surface area contributed by atoms with Crippen LogP contribution in [0.3, 0.4) is 0 Å². The van der Waals surface area contributed by atoms with E-state index in [0.29, 0.717) is 6.54 Å². The fourth-order valence-electron chi connectivity index (χ4n) is 1.69. The summed E-state index contributed by atoms with van der Waals surface area (Å²) >= 11 is 0. The van der Waals surface area contributed by atoms with Crippen LogP contribution < -0.4 is 5.32 Å². The minimum atomic E-state index is 0.0993. The molecule has 0 fully saturated rings. The van der Waals surface area contributed by atoms with Crippen molar-refractivity contribution in [2.75, 3.05) is 6.61 Å². The van der Waals surface area contributed by atoms with Crippen LogP contribution in [0.15, 0.2) is 36.7 Å². The third-order valence-electron chi connectivity index (χ3n) is 2.61. The number of nitrogens with zero attached hydrogens (tertiary/aromatic N) is 2. The summed E-state index contributed by atoms with van der Waals surface area (Å²) in [7, 11) is 0. The van der Waals surface area contributed by atoms with Crippen LogP contribution in [0.2, 0.25) is 0 Å². The fraction of sp³-hybridized carbons (Fsp3) is 0.308. The standard InChI is InChI=1S/C13H17N3O2/c17-6-5-16-10-12(9-15-16)8-14-7-11-1-3-13(18)4-2-11/h1-4,9-10,14,17-18H,5-8H2. The van der Waals surface area contributed by atoms with Gasteiger partial charge in [-0.1, -0.05) is 12.1 Å². The Bertz CT molecular complexity index is 479. The summed E-state index contributed by atoms with van der Waals surface area (Å²) in [5.41, 5.74) is 2.21. The van der Waals surface area contributed by atoms with Gasteiger partial charge < -0.3 is 15.5 Å². The van der Waals surface area contributed by atoms with E-state index in [4.69, 9.17) is 10.2 Å². The Hall–Kier alpha value is -1.85. The first-order valence-corrected chi connectivity index (χ1v) is 5.89. The predicted octanol–water partition coefficient (Wildman–Crippen LogP) is 0.871. The van der Waals surface area contributed by atoms with Crippen molar-refractivity contribution in [2.45, 2.75) is 19.6 Å². The summed E-state index contributed by atoms with van der Waals surface area (Å²) in [4.78, 5) is 0. The Morgan fingerprint density at radius 3 is 2.56 bits per heavy atom. The van der Waals surface area contributed by atoms with Crippen LogP contribution in [0.1, 0.15) is 11.1 Å². The van der Waals surface area contributed by atoms with Crippen LogP contribution in [0, 0.1) is 0 Å². The molecule has 1 heterocycles. The summed E-state index contributed by atoms with van der Waals surface area (Å²) < 4.78 is 1.72. The molecule has 2 rings (SSSR count). The molecule has 5 heteroatoms. The van der Waals surface area contributed by atoms with E-state index in [1.807, 2.05) is 18.3 Å². The minimum absolute atomic E-state index is 0.0993. The molecule has 0 amide bonds. The quantitative estimate of drug-likeness (QED) is 0.708. The zero-order chi connectivity index (χ0) is 12.8. The third kappa shape index (κ3) is 3.58. The number of aliphatic hydroxyl groups is 1. The molecule has 0 aliphatic carbocycles. The van der Waals surface area contributed by atoms with Gasteiger partial charge in [0.15, 0.2) is 0 Å². The second-order valence-electron chi connectivity index (χ2n) is 4.11. The second kappa shape index (κ2) is 6.18. The number of phenols is 1. The highest BCUT2D eigenvalue weighted by atomic mass is 16.3. The van der Waals surface area contributed by atoms with Gasteiger partial charge in [-0.05, 0) is 17.7 Å².